The summed E-state index contributed by atoms with van der Waals surface area (Å²) in [5.74, 6) is 0. The zero-order valence-electron chi connectivity index (χ0n) is 29.4. The maximum atomic E-state index is 9.16. The molecule has 8 aromatic rings. The van der Waals surface area contributed by atoms with E-state index in [2.05, 4.69) is 48.5 Å². The van der Waals surface area contributed by atoms with Crippen LogP contribution in [0.5, 0.6) is 0 Å². The molecule has 0 saturated carbocycles. The molecule has 0 aliphatic carbocycles. The molecule has 0 aromatic heterocycles. The molecule has 0 aliphatic heterocycles. The van der Waals surface area contributed by atoms with Crippen molar-refractivity contribution in [3.8, 4) is 33.4 Å². The van der Waals surface area contributed by atoms with Gasteiger partial charge in [0.15, 0.2) is 0 Å². The molecule has 0 saturated heterocycles. The largest absolute Gasteiger partial charge is 0.0629 e. The second-order valence-electron chi connectivity index (χ2n) is 9.89. The van der Waals surface area contributed by atoms with Crippen LogP contribution in [0.1, 0.15) is 11.0 Å². The van der Waals surface area contributed by atoms with Gasteiger partial charge in [0, 0.05) is 0 Å². The summed E-state index contributed by atoms with van der Waals surface area (Å²) >= 11 is 0. The predicted octanol–water partition coefficient (Wildman–Crippen LogP) is 11.3. The van der Waals surface area contributed by atoms with Gasteiger partial charge in [-0.2, -0.15) is 0 Å². The smallest absolute Gasteiger partial charge is 0.0622 e. The third-order valence-corrected chi connectivity index (χ3v) is 7.73. The highest BCUT2D eigenvalue weighted by atomic mass is 14.2. The molecule has 0 radical (unpaired) electrons. The fraction of sp³-hybridized carbons (Fsp3) is 0. The van der Waals surface area contributed by atoms with Gasteiger partial charge in [0.2, 0.25) is 0 Å². The van der Waals surface area contributed by atoms with Crippen LogP contribution in [-0.4, -0.2) is 0 Å². The Bertz CT molecular complexity index is 2630. The third kappa shape index (κ3) is 3.54. The highest BCUT2D eigenvalue weighted by Gasteiger charge is 2.18. The second kappa shape index (κ2) is 9.22. The molecule has 0 nitrogen and oxygen atoms in total. The standard InChI is InChI=1S/C40H26/c1-2-13-28(14-3-1)39-35-16-6-8-18-37(35)40(38-19-9-7-17-36(38)39)34-23-11-21-32-31(20-10-22-33(32)34)30-25-24-27-12-4-5-15-29(27)26-30/h1-26H/i1D,2D,3D,6D,8D,13D,14D,16D. The minimum absolute atomic E-state index is 0.0316. The summed E-state index contributed by atoms with van der Waals surface area (Å²) in [5, 5.41) is 6.38. The highest BCUT2D eigenvalue weighted by molar-refractivity contribution is 6.24. The van der Waals surface area contributed by atoms with Crippen molar-refractivity contribution in [2.45, 2.75) is 0 Å². The van der Waals surface area contributed by atoms with Crippen LogP contribution in [0.4, 0.5) is 0 Å². The Hall–Kier alpha value is -5.20. The van der Waals surface area contributed by atoms with Crippen molar-refractivity contribution in [1.29, 1.82) is 0 Å². The van der Waals surface area contributed by atoms with Gasteiger partial charge in [0.25, 0.3) is 0 Å². The molecule has 0 fully saturated rings. The lowest BCUT2D eigenvalue weighted by molar-refractivity contribution is 1.65. The van der Waals surface area contributed by atoms with Gasteiger partial charge in [-0.25, -0.2) is 0 Å². The molecule has 0 unspecified atom stereocenters. The number of rotatable bonds is 3. The Kier molecular flexibility index (Phi) is 3.70. The Morgan fingerprint density at radius 2 is 0.975 bits per heavy atom. The second-order valence-corrected chi connectivity index (χ2v) is 9.89. The van der Waals surface area contributed by atoms with Crippen LogP contribution in [0.3, 0.4) is 0 Å². The Balaban J connectivity index is 1.53. The average molecular weight is 515 g/mol. The fourth-order valence-electron chi connectivity index (χ4n) is 6.00. The van der Waals surface area contributed by atoms with Crippen LogP contribution in [0.25, 0.3) is 76.5 Å². The van der Waals surface area contributed by atoms with E-state index in [1.165, 1.54) is 0 Å². The number of hydrogen-bond donors (Lipinski definition) is 0. The maximum Gasteiger partial charge on any atom is 0.0629 e. The summed E-state index contributed by atoms with van der Waals surface area (Å²) < 4.78 is 69.2. The molecule has 0 amide bonds. The average Bonchev–Trinajstić information content (AvgIpc) is 3.11. The first-order chi connectivity index (χ1) is 23.2. The molecular weight excluding hydrogens is 480 g/mol. The number of hydrogen-bond acceptors (Lipinski definition) is 0. The van der Waals surface area contributed by atoms with Crippen molar-refractivity contribution in [3.63, 3.8) is 0 Å². The Morgan fingerprint density at radius 1 is 0.350 bits per heavy atom. The minimum atomic E-state index is -0.502. The van der Waals surface area contributed by atoms with Gasteiger partial charge < -0.3 is 0 Å². The van der Waals surface area contributed by atoms with E-state index in [1.54, 1.807) is 6.07 Å². The molecular formula is C40H26. The summed E-state index contributed by atoms with van der Waals surface area (Å²) in [4.78, 5) is 0. The molecule has 0 N–H and O–H groups in total. The molecule has 0 aliphatic rings. The van der Waals surface area contributed by atoms with E-state index in [-0.39, 0.29) is 46.7 Å². The van der Waals surface area contributed by atoms with Gasteiger partial charge in [-0.1, -0.05) is 151 Å². The molecule has 0 bridgehead atoms. The quantitative estimate of drug-likeness (QED) is 0.206. The van der Waals surface area contributed by atoms with Gasteiger partial charge in [-0.05, 0) is 82.5 Å². The lowest BCUT2D eigenvalue weighted by atomic mass is 9.84. The third-order valence-electron chi connectivity index (χ3n) is 7.73. The zero-order chi connectivity index (χ0) is 33.4. The summed E-state index contributed by atoms with van der Waals surface area (Å²) in [6.45, 7) is 0. The number of fused-ring (bicyclic) bond motifs is 4. The van der Waals surface area contributed by atoms with E-state index in [4.69, 9.17) is 11.0 Å². The van der Waals surface area contributed by atoms with E-state index < -0.39 is 18.1 Å². The fourth-order valence-corrected chi connectivity index (χ4v) is 6.00. The van der Waals surface area contributed by atoms with Gasteiger partial charge in [0.1, 0.15) is 0 Å². The van der Waals surface area contributed by atoms with Crippen LogP contribution in [0.2, 0.25) is 0 Å². The van der Waals surface area contributed by atoms with Crippen molar-refractivity contribution in [1.82, 2.24) is 0 Å². The van der Waals surface area contributed by atoms with Gasteiger partial charge in [0.05, 0.1) is 11.0 Å². The van der Waals surface area contributed by atoms with E-state index in [1.807, 2.05) is 54.6 Å². The Morgan fingerprint density at radius 3 is 1.80 bits per heavy atom. The van der Waals surface area contributed by atoms with Crippen LogP contribution >= 0.6 is 0 Å². The van der Waals surface area contributed by atoms with Crippen molar-refractivity contribution in [2.24, 2.45) is 0 Å². The monoisotopic (exact) mass is 514 g/mol. The molecule has 0 heteroatoms. The van der Waals surface area contributed by atoms with Crippen LogP contribution in [-0.2, 0) is 0 Å². The molecule has 8 rings (SSSR count). The highest BCUT2D eigenvalue weighted by Crippen LogP contribution is 2.46. The first kappa shape index (κ1) is 16.0. The minimum Gasteiger partial charge on any atom is -0.0622 e. The summed E-state index contributed by atoms with van der Waals surface area (Å²) in [5.41, 5.74) is 4.00. The van der Waals surface area contributed by atoms with E-state index in [0.717, 1.165) is 49.2 Å². The van der Waals surface area contributed by atoms with Crippen molar-refractivity contribution >= 4 is 43.1 Å². The first-order valence-electron chi connectivity index (χ1n) is 17.2. The van der Waals surface area contributed by atoms with Crippen molar-refractivity contribution in [3.05, 3.63) is 158 Å². The lowest BCUT2D eigenvalue weighted by Gasteiger charge is -2.19. The first-order valence-corrected chi connectivity index (χ1v) is 13.2. The van der Waals surface area contributed by atoms with E-state index in [9.17, 15) is 0 Å². The predicted molar refractivity (Wildman–Crippen MR) is 173 cm³/mol. The molecule has 0 spiro atoms. The van der Waals surface area contributed by atoms with Gasteiger partial charge in [-0.15, -0.1) is 0 Å². The number of benzene rings is 8. The SMILES string of the molecule is [2H]c1cc2c(-c3cccc4c(-c5ccc6ccccc6c5)cccc34)c3ccccc3c(-c3c([2H])c([2H])c([2H])c([2H])c3[2H])c2c([2H])c1[2H]. The molecule has 40 heavy (non-hydrogen) atoms. The molecule has 186 valence electrons. The van der Waals surface area contributed by atoms with Crippen molar-refractivity contribution in [2.75, 3.05) is 0 Å². The van der Waals surface area contributed by atoms with Crippen LogP contribution in [0, 0.1) is 0 Å². The summed E-state index contributed by atoms with van der Waals surface area (Å²) in [7, 11) is 0. The van der Waals surface area contributed by atoms with Crippen LogP contribution < -0.4 is 0 Å². The maximum absolute atomic E-state index is 9.16. The molecule has 0 heterocycles. The van der Waals surface area contributed by atoms with Gasteiger partial charge >= 0.3 is 0 Å². The van der Waals surface area contributed by atoms with Crippen LogP contribution in [0.15, 0.2) is 158 Å². The normalized spacial score (nSPS) is 14.3. The molecule has 0 atom stereocenters. The van der Waals surface area contributed by atoms with Crippen molar-refractivity contribution < 1.29 is 11.0 Å². The van der Waals surface area contributed by atoms with E-state index >= 15 is 0 Å². The van der Waals surface area contributed by atoms with E-state index in [0.29, 0.717) is 10.8 Å². The Labute approximate surface area is 245 Å². The lowest BCUT2D eigenvalue weighted by Crippen LogP contribution is -1.92. The van der Waals surface area contributed by atoms with Gasteiger partial charge in [-0.3, -0.25) is 0 Å². The summed E-state index contributed by atoms with van der Waals surface area (Å²) in [6.07, 6.45) is 0. The molecule has 8 aromatic carbocycles. The zero-order valence-corrected chi connectivity index (χ0v) is 21.4. The summed E-state index contributed by atoms with van der Waals surface area (Å²) in [6, 6.07) is 33.1. The topological polar surface area (TPSA) is 0 Å².